The second-order valence-electron chi connectivity index (χ2n) is 7.22. The smallest absolute Gasteiger partial charge is 0.191 e. The van der Waals surface area contributed by atoms with Crippen LogP contribution in [0.4, 0.5) is 0 Å². The van der Waals surface area contributed by atoms with Crippen LogP contribution in [0.2, 0.25) is 0 Å². The molecule has 0 aliphatic carbocycles. The standard InChI is InChI=1S/C24H26N4O2S/c1-4-27-15-20(19-13-9-10-14-21(19)27)22(29)16-31-24-26-25-23(28(24)5-2)17(3)30-18-11-7-6-8-12-18/h6-15,17H,4-5,16H2,1-3H3. The number of Topliss-reactive ketones (excluding diaryl/α,β-unsaturated/α-hetero) is 1. The number of para-hydroxylation sites is 2. The number of nitrogens with zero attached hydrogens (tertiary/aromatic N) is 4. The first-order chi connectivity index (χ1) is 15.1. The third-order valence-corrected chi connectivity index (χ3v) is 6.21. The zero-order valence-corrected chi connectivity index (χ0v) is 18.8. The zero-order valence-electron chi connectivity index (χ0n) is 18.0. The minimum Gasteiger partial charge on any atom is -0.483 e. The second kappa shape index (κ2) is 9.39. The molecule has 1 unspecified atom stereocenters. The van der Waals surface area contributed by atoms with Gasteiger partial charge in [-0.25, -0.2) is 0 Å². The number of benzene rings is 2. The van der Waals surface area contributed by atoms with E-state index in [9.17, 15) is 4.79 Å². The van der Waals surface area contributed by atoms with Crippen LogP contribution >= 0.6 is 11.8 Å². The molecule has 4 aromatic rings. The molecule has 160 valence electrons. The SMILES string of the molecule is CCn1c(SCC(=O)c2cn(CC)c3ccccc23)nnc1C(C)Oc1ccccc1. The van der Waals surface area contributed by atoms with Crippen molar-refractivity contribution in [2.24, 2.45) is 0 Å². The molecule has 6 nitrogen and oxygen atoms in total. The van der Waals surface area contributed by atoms with Gasteiger partial charge in [-0.15, -0.1) is 10.2 Å². The molecule has 2 heterocycles. The number of rotatable bonds is 9. The zero-order chi connectivity index (χ0) is 21.8. The first-order valence-electron chi connectivity index (χ1n) is 10.5. The van der Waals surface area contributed by atoms with Crippen LogP contribution < -0.4 is 4.74 Å². The molecule has 0 spiro atoms. The van der Waals surface area contributed by atoms with Crippen LogP contribution in [0.25, 0.3) is 10.9 Å². The lowest BCUT2D eigenvalue weighted by molar-refractivity contribution is 0.102. The fourth-order valence-corrected chi connectivity index (χ4v) is 4.59. The molecule has 2 aromatic heterocycles. The van der Waals surface area contributed by atoms with Gasteiger partial charge in [-0.1, -0.05) is 48.2 Å². The largest absolute Gasteiger partial charge is 0.483 e. The molecule has 0 aliphatic rings. The summed E-state index contributed by atoms with van der Waals surface area (Å²) in [6.45, 7) is 7.62. The first kappa shape index (κ1) is 21.2. The van der Waals surface area contributed by atoms with E-state index in [1.54, 1.807) is 0 Å². The van der Waals surface area contributed by atoms with Gasteiger partial charge in [0.25, 0.3) is 0 Å². The van der Waals surface area contributed by atoms with Crippen LogP contribution in [0.5, 0.6) is 5.75 Å². The van der Waals surface area contributed by atoms with E-state index in [0.717, 1.165) is 39.7 Å². The molecule has 4 rings (SSSR count). The van der Waals surface area contributed by atoms with Crippen LogP contribution in [-0.2, 0) is 13.1 Å². The van der Waals surface area contributed by atoms with Crippen LogP contribution in [0.15, 0.2) is 66.0 Å². The van der Waals surface area contributed by atoms with Crippen LogP contribution in [0.1, 0.15) is 43.1 Å². The lowest BCUT2D eigenvalue weighted by atomic mass is 10.1. The molecule has 0 fully saturated rings. The highest BCUT2D eigenvalue weighted by Gasteiger charge is 2.21. The number of aryl methyl sites for hydroxylation is 1. The van der Waals surface area contributed by atoms with E-state index < -0.39 is 0 Å². The first-order valence-corrected chi connectivity index (χ1v) is 11.5. The van der Waals surface area contributed by atoms with E-state index in [0.29, 0.717) is 12.3 Å². The summed E-state index contributed by atoms with van der Waals surface area (Å²) in [5.41, 5.74) is 1.85. The van der Waals surface area contributed by atoms with Crippen molar-refractivity contribution in [3.05, 3.63) is 72.2 Å². The Morgan fingerprint density at radius 1 is 1.03 bits per heavy atom. The predicted octanol–water partition coefficient (Wildman–Crippen LogP) is 5.39. The number of carbonyl (C=O) groups is 1. The molecule has 0 N–H and O–H groups in total. The second-order valence-corrected chi connectivity index (χ2v) is 8.16. The van der Waals surface area contributed by atoms with Crippen molar-refractivity contribution in [3.63, 3.8) is 0 Å². The maximum absolute atomic E-state index is 13.0. The molecule has 7 heteroatoms. The van der Waals surface area contributed by atoms with Crippen molar-refractivity contribution >= 4 is 28.4 Å². The average molecular weight is 435 g/mol. The van der Waals surface area contributed by atoms with Crippen molar-refractivity contribution in [3.8, 4) is 5.75 Å². The Balaban J connectivity index is 1.50. The molecular formula is C24H26N4O2S. The minimum absolute atomic E-state index is 0.0918. The normalized spacial score (nSPS) is 12.2. The fourth-order valence-electron chi connectivity index (χ4n) is 3.70. The summed E-state index contributed by atoms with van der Waals surface area (Å²) in [5.74, 6) is 1.94. The number of thioether (sulfide) groups is 1. The molecule has 0 saturated heterocycles. The fraction of sp³-hybridized carbons (Fsp3) is 0.292. The average Bonchev–Trinajstić information content (AvgIpc) is 3.39. The van der Waals surface area contributed by atoms with Crippen LogP contribution in [0, 0.1) is 0 Å². The van der Waals surface area contributed by atoms with Crippen molar-refractivity contribution in [2.45, 2.75) is 45.1 Å². The number of fused-ring (bicyclic) bond motifs is 1. The summed E-state index contributed by atoms with van der Waals surface area (Å²) in [6, 6.07) is 17.7. The maximum atomic E-state index is 13.0. The number of carbonyl (C=O) groups excluding carboxylic acids is 1. The summed E-state index contributed by atoms with van der Waals surface area (Å²) in [7, 11) is 0. The molecule has 2 aromatic carbocycles. The Bertz CT molecular complexity index is 1180. The Kier molecular flexibility index (Phi) is 6.42. The van der Waals surface area contributed by atoms with Gasteiger partial charge in [-0.3, -0.25) is 4.79 Å². The molecule has 0 bridgehead atoms. The Hall–Kier alpha value is -3.06. The van der Waals surface area contributed by atoms with Gasteiger partial charge in [0.2, 0.25) is 0 Å². The Morgan fingerprint density at radius 3 is 2.52 bits per heavy atom. The van der Waals surface area contributed by atoms with Crippen LogP contribution in [0.3, 0.4) is 0 Å². The number of ketones is 1. The predicted molar refractivity (Wildman–Crippen MR) is 124 cm³/mol. The highest BCUT2D eigenvalue weighted by Crippen LogP contribution is 2.27. The number of hydrogen-bond donors (Lipinski definition) is 0. The summed E-state index contributed by atoms with van der Waals surface area (Å²) in [5, 5.41) is 10.4. The van der Waals surface area contributed by atoms with E-state index in [-0.39, 0.29) is 11.9 Å². The molecule has 0 saturated carbocycles. The van der Waals surface area contributed by atoms with E-state index in [4.69, 9.17) is 4.74 Å². The number of hydrogen-bond acceptors (Lipinski definition) is 5. The lowest BCUT2D eigenvalue weighted by Gasteiger charge is -2.15. The summed E-state index contributed by atoms with van der Waals surface area (Å²) >= 11 is 1.42. The minimum atomic E-state index is -0.248. The highest BCUT2D eigenvalue weighted by molar-refractivity contribution is 7.99. The van der Waals surface area contributed by atoms with Gasteiger partial charge >= 0.3 is 0 Å². The van der Waals surface area contributed by atoms with Crippen molar-refractivity contribution < 1.29 is 9.53 Å². The van der Waals surface area contributed by atoms with E-state index in [2.05, 4.69) is 27.8 Å². The summed E-state index contributed by atoms with van der Waals surface area (Å²) in [6.07, 6.45) is 1.71. The van der Waals surface area contributed by atoms with Crippen molar-refractivity contribution in [2.75, 3.05) is 5.75 Å². The quantitative estimate of drug-likeness (QED) is 0.261. The van der Waals surface area contributed by atoms with Gasteiger partial charge < -0.3 is 13.9 Å². The summed E-state index contributed by atoms with van der Waals surface area (Å²) < 4.78 is 10.1. The van der Waals surface area contributed by atoms with E-state index >= 15 is 0 Å². The van der Waals surface area contributed by atoms with Crippen molar-refractivity contribution in [1.29, 1.82) is 0 Å². The lowest BCUT2D eigenvalue weighted by Crippen LogP contribution is -2.12. The van der Waals surface area contributed by atoms with Gasteiger partial charge in [0.05, 0.1) is 5.75 Å². The van der Waals surface area contributed by atoms with Gasteiger partial charge in [0, 0.05) is 35.8 Å². The Labute approximate surface area is 186 Å². The van der Waals surface area contributed by atoms with Crippen molar-refractivity contribution in [1.82, 2.24) is 19.3 Å². The number of ether oxygens (including phenoxy) is 1. The molecule has 0 aliphatic heterocycles. The molecular weight excluding hydrogens is 408 g/mol. The van der Waals surface area contributed by atoms with Crippen LogP contribution in [-0.4, -0.2) is 30.9 Å². The third kappa shape index (κ3) is 4.37. The van der Waals surface area contributed by atoms with E-state index in [1.807, 2.05) is 73.1 Å². The highest BCUT2D eigenvalue weighted by atomic mass is 32.2. The van der Waals surface area contributed by atoms with Gasteiger partial charge in [0.15, 0.2) is 22.9 Å². The van der Waals surface area contributed by atoms with Gasteiger partial charge in [-0.2, -0.15) is 0 Å². The molecule has 0 amide bonds. The topological polar surface area (TPSA) is 61.9 Å². The van der Waals surface area contributed by atoms with E-state index in [1.165, 1.54) is 11.8 Å². The number of aromatic nitrogens is 4. The molecule has 1 atom stereocenters. The third-order valence-electron chi connectivity index (χ3n) is 5.24. The Morgan fingerprint density at radius 2 is 1.77 bits per heavy atom. The monoisotopic (exact) mass is 434 g/mol. The maximum Gasteiger partial charge on any atom is 0.191 e. The summed E-state index contributed by atoms with van der Waals surface area (Å²) in [4.78, 5) is 13.0. The molecule has 0 radical (unpaired) electrons. The van der Waals surface area contributed by atoms with Gasteiger partial charge in [-0.05, 0) is 39.0 Å². The van der Waals surface area contributed by atoms with Gasteiger partial charge in [0.1, 0.15) is 5.75 Å². The molecule has 31 heavy (non-hydrogen) atoms.